The van der Waals surface area contributed by atoms with Crippen LogP contribution in [0.5, 0.6) is 0 Å². The summed E-state index contributed by atoms with van der Waals surface area (Å²) >= 11 is 0. The van der Waals surface area contributed by atoms with Crippen LogP contribution in [0.2, 0.25) is 0 Å². The molecule has 0 heterocycles. The Labute approximate surface area is 150 Å². The van der Waals surface area contributed by atoms with E-state index in [0.717, 1.165) is 19.0 Å². The summed E-state index contributed by atoms with van der Waals surface area (Å²) in [4.78, 5) is 4.36. The van der Waals surface area contributed by atoms with Crippen LogP contribution in [0.3, 0.4) is 0 Å². The minimum Gasteiger partial charge on any atom is -0.357 e. The Morgan fingerprint density at radius 3 is 2.52 bits per heavy atom. The van der Waals surface area contributed by atoms with Crippen LogP contribution < -0.4 is 10.6 Å². The summed E-state index contributed by atoms with van der Waals surface area (Å²) in [5.41, 5.74) is 0.307. The van der Waals surface area contributed by atoms with Crippen molar-refractivity contribution in [2.24, 2.45) is 10.4 Å². The lowest BCUT2D eigenvalue weighted by Gasteiger charge is -2.40. The molecule has 140 valence electrons. The molecule has 2 rings (SSSR count). The third kappa shape index (κ3) is 5.17. The van der Waals surface area contributed by atoms with Gasteiger partial charge < -0.3 is 10.6 Å². The van der Waals surface area contributed by atoms with Crippen LogP contribution in [0.4, 0.5) is 4.39 Å². The maximum absolute atomic E-state index is 13.7. The molecule has 0 saturated heterocycles. The van der Waals surface area contributed by atoms with Gasteiger partial charge in [0.15, 0.2) is 15.8 Å². The second-order valence-electron chi connectivity index (χ2n) is 6.58. The molecule has 1 aromatic carbocycles. The number of guanidine groups is 1. The summed E-state index contributed by atoms with van der Waals surface area (Å²) in [7, 11) is -3.66. The highest BCUT2D eigenvalue weighted by Crippen LogP contribution is 2.43. The van der Waals surface area contributed by atoms with E-state index >= 15 is 0 Å². The molecule has 1 aliphatic carbocycles. The first-order valence-corrected chi connectivity index (χ1v) is 10.6. The predicted molar refractivity (Wildman–Crippen MR) is 99.0 cm³/mol. The van der Waals surface area contributed by atoms with Gasteiger partial charge in [-0.05, 0) is 43.7 Å². The Bertz CT molecular complexity index is 695. The van der Waals surface area contributed by atoms with Crippen molar-refractivity contribution in [2.75, 3.05) is 25.4 Å². The lowest BCUT2D eigenvalue weighted by molar-refractivity contribution is 0.139. The fraction of sp³-hybridized carbons (Fsp3) is 0.611. The SMILES string of the molecule is CCNC(=NCC1(CC)CCC1)NCCS(=O)(=O)c1ccccc1F. The van der Waals surface area contributed by atoms with E-state index in [1.54, 1.807) is 0 Å². The van der Waals surface area contributed by atoms with Gasteiger partial charge in [0.25, 0.3) is 0 Å². The third-order valence-corrected chi connectivity index (χ3v) is 6.66. The molecule has 0 atom stereocenters. The molecule has 0 radical (unpaired) electrons. The number of nitrogens with one attached hydrogen (secondary N) is 2. The minimum absolute atomic E-state index is 0.182. The van der Waals surface area contributed by atoms with E-state index in [2.05, 4.69) is 22.5 Å². The average molecular weight is 370 g/mol. The first-order valence-electron chi connectivity index (χ1n) is 8.92. The molecule has 1 saturated carbocycles. The van der Waals surface area contributed by atoms with Gasteiger partial charge >= 0.3 is 0 Å². The van der Waals surface area contributed by atoms with E-state index in [4.69, 9.17) is 0 Å². The van der Waals surface area contributed by atoms with Gasteiger partial charge in [-0.1, -0.05) is 25.5 Å². The molecule has 0 spiro atoms. The van der Waals surface area contributed by atoms with Gasteiger partial charge in [0.1, 0.15) is 10.7 Å². The van der Waals surface area contributed by atoms with Crippen LogP contribution in [-0.4, -0.2) is 39.8 Å². The maximum atomic E-state index is 13.7. The van der Waals surface area contributed by atoms with Crippen molar-refractivity contribution in [3.05, 3.63) is 30.1 Å². The molecule has 7 heteroatoms. The van der Waals surface area contributed by atoms with Crippen molar-refractivity contribution in [3.63, 3.8) is 0 Å². The fourth-order valence-electron chi connectivity index (χ4n) is 3.00. The molecule has 1 aromatic rings. The number of hydrogen-bond donors (Lipinski definition) is 2. The van der Waals surface area contributed by atoms with Gasteiger partial charge in [0, 0.05) is 19.6 Å². The van der Waals surface area contributed by atoms with Gasteiger partial charge in [-0.15, -0.1) is 0 Å². The second-order valence-corrected chi connectivity index (χ2v) is 8.66. The average Bonchev–Trinajstić information content (AvgIpc) is 2.54. The number of sulfone groups is 1. The number of rotatable bonds is 8. The van der Waals surface area contributed by atoms with Crippen molar-refractivity contribution in [2.45, 2.75) is 44.4 Å². The topological polar surface area (TPSA) is 70.6 Å². The summed E-state index contributed by atoms with van der Waals surface area (Å²) in [5.74, 6) is -0.277. The summed E-state index contributed by atoms with van der Waals surface area (Å²) in [6.07, 6.45) is 4.77. The van der Waals surface area contributed by atoms with E-state index in [9.17, 15) is 12.8 Å². The molecule has 5 nitrogen and oxygen atoms in total. The molecule has 0 amide bonds. The van der Waals surface area contributed by atoms with Gasteiger partial charge in [-0.3, -0.25) is 4.99 Å². The molecule has 0 bridgehead atoms. The van der Waals surface area contributed by atoms with Gasteiger partial charge in [-0.25, -0.2) is 12.8 Å². The first kappa shape index (κ1) is 19.7. The van der Waals surface area contributed by atoms with E-state index < -0.39 is 15.7 Å². The van der Waals surface area contributed by atoms with E-state index in [1.807, 2.05) is 6.92 Å². The third-order valence-electron chi connectivity index (χ3n) is 4.92. The normalized spacial score (nSPS) is 17.0. The maximum Gasteiger partial charge on any atom is 0.191 e. The molecule has 0 unspecified atom stereocenters. The lowest BCUT2D eigenvalue weighted by atomic mass is 9.67. The summed E-state index contributed by atoms with van der Waals surface area (Å²) < 4.78 is 38.2. The van der Waals surface area contributed by atoms with Crippen molar-refractivity contribution in [3.8, 4) is 0 Å². The molecular weight excluding hydrogens is 341 g/mol. The van der Waals surface area contributed by atoms with Crippen LogP contribution in [0, 0.1) is 11.2 Å². The van der Waals surface area contributed by atoms with Crippen LogP contribution in [0.25, 0.3) is 0 Å². The van der Waals surface area contributed by atoms with Crippen molar-refractivity contribution in [1.82, 2.24) is 10.6 Å². The van der Waals surface area contributed by atoms with Crippen LogP contribution in [0.1, 0.15) is 39.5 Å². The monoisotopic (exact) mass is 369 g/mol. The summed E-state index contributed by atoms with van der Waals surface area (Å²) in [5, 5.41) is 6.18. The van der Waals surface area contributed by atoms with Crippen molar-refractivity contribution in [1.29, 1.82) is 0 Å². The van der Waals surface area contributed by atoms with Crippen molar-refractivity contribution >= 4 is 15.8 Å². The zero-order valence-electron chi connectivity index (χ0n) is 15.0. The molecule has 1 fully saturated rings. The first-order chi connectivity index (χ1) is 11.9. The zero-order valence-corrected chi connectivity index (χ0v) is 15.8. The van der Waals surface area contributed by atoms with Crippen LogP contribution >= 0.6 is 0 Å². The molecule has 1 aliphatic rings. The van der Waals surface area contributed by atoms with Crippen molar-refractivity contribution < 1.29 is 12.8 Å². The summed E-state index contributed by atoms with van der Waals surface area (Å²) in [6.45, 7) is 5.79. The van der Waals surface area contributed by atoms with Gasteiger partial charge in [0.05, 0.1) is 5.75 Å². The Morgan fingerprint density at radius 2 is 1.96 bits per heavy atom. The van der Waals surface area contributed by atoms with E-state index in [-0.39, 0.29) is 17.2 Å². The largest absolute Gasteiger partial charge is 0.357 e. The highest BCUT2D eigenvalue weighted by Gasteiger charge is 2.34. The smallest absolute Gasteiger partial charge is 0.191 e. The zero-order chi connectivity index (χ0) is 18.3. The number of halogens is 1. The lowest BCUT2D eigenvalue weighted by Crippen LogP contribution is -2.41. The molecular formula is C18H28FN3O2S. The predicted octanol–water partition coefficient (Wildman–Crippen LogP) is 2.73. The minimum atomic E-state index is -3.66. The van der Waals surface area contributed by atoms with E-state index in [0.29, 0.717) is 17.9 Å². The number of aliphatic imine (C=N–C) groups is 1. The fourth-order valence-corrected chi connectivity index (χ4v) is 4.24. The quantitative estimate of drug-likeness (QED) is 0.546. The Balaban J connectivity index is 1.93. The number of benzene rings is 1. The second kappa shape index (κ2) is 8.65. The molecule has 0 aromatic heterocycles. The molecule has 25 heavy (non-hydrogen) atoms. The summed E-state index contributed by atoms with van der Waals surface area (Å²) in [6, 6.07) is 5.46. The van der Waals surface area contributed by atoms with Crippen LogP contribution in [-0.2, 0) is 9.84 Å². The molecule has 2 N–H and O–H groups in total. The Kier molecular flexibility index (Phi) is 6.81. The highest BCUT2D eigenvalue weighted by molar-refractivity contribution is 7.91. The van der Waals surface area contributed by atoms with E-state index in [1.165, 1.54) is 37.5 Å². The van der Waals surface area contributed by atoms with Gasteiger partial charge in [-0.2, -0.15) is 0 Å². The standard InChI is InChI=1S/C18H28FN3O2S/c1-3-18(10-7-11-18)14-22-17(20-4-2)21-12-13-25(23,24)16-9-6-5-8-15(16)19/h5-6,8-9H,3-4,7,10-14H2,1-2H3,(H2,20,21,22). The molecule has 0 aliphatic heterocycles. The number of hydrogen-bond acceptors (Lipinski definition) is 3. The Morgan fingerprint density at radius 1 is 1.24 bits per heavy atom. The van der Waals surface area contributed by atoms with Gasteiger partial charge in [0.2, 0.25) is 0 Å². The highest BCUT2D eigenvalue weighted by atomic mass is 32.2. The number of nitrogens with zero attached hydrogens (tertiary/aromatic N) is 1. The van der Waals surface area contributed by atoms with Crippen LogP contribution in [0.15, 0.2) is 34.2 Å². The Hall–Kier alpha value is -1.63.